The van der Waals surface area contributed by atoms with Gasteiger partial charge >= 0.3 is 0 Å². The Balaban J connectivity index is 1.30. The van der Waals surface area contributed by atoms with Crippen molar-refractivity contribution in [1.82, 2.24) is 14.7 Å². The number of benzene rings is 2. The van der Waals surface area contributed by atoms with Gasteiger partial charge in [0.1, 0.15) is 5.82 Å². The lowest BCUT2D eigenvalue weighted by molar-refractivity contribution is -0.117. The van der Waals surface area contributed by atoms with Crippen LogP contribution in [0, 0.1) is 6.92 Å². The molecule has 30 heavy (non-hydrogen) atoms. The molecule has 0 aliphatic carbocycles. The number of aromatic nitrogens is 2. The Hall–Kier alpha value is -2.83. The number of carbonyl (C=O) groups is 1. The number of hydrogen-bond acceptors (Lipinski definition) is 4. The number of nitrogens with one attached hydrogen (secondary N) is 1. The third-order valence-electron chi connectivity index (χ3n) is 5.37. The summed E-state index contributed by atoms with van der Waals surface area (Å²) in [5.74, 6) is 0.651. The van der Waals surface area contributed by atoms with Crippen LogP contribution in [0.5, 0.6) is 0 Å². The lowest BCUT2D eigenvalue weighted by Crippen LogP contribution is -2.48. The average molecular weight is 424 g/mol. The summed E-state index contributed by atoms with van der Waals surface area (Å²) in [4.78, 5) is 17.2. The molecule has 1 aromatic heterocycles. The summed E-state index contributed by atoms with van der Waals surface area (Å²) in [6.07, 6.45) is 1.69. The predicted molar refractivity (Wildman–Crippen MR) is 121 cm³/mol. The van der Waals surface area contributed by atoms with Crippen molar-refractivity contribution in [3.63, 3.8) is 0 Å². The van der Waals surface area contributed by atoms with Crippen molar-refractivity contribution in [3.05, 3.63) is 76.9 Å². The zero-order valence-electron chi connectivity index (χ0n) is 17.1. The van der Waals surface area contributed by atoms with Gasteiger partial charge in [0.15, 0.2) is 0 Å². The van der Waals surface area contributed by atoms with E-state index in [2.05, 4.69) is 51.4 Å². The van der Waals surface area contributed by atoms with Gasteiger partial charge in [0, 0.05) is 43.0 Å². The molecule has 0 unspecified atom stereocenters. The molecular weight excluding hydrogens is 398 g/mol. The quantitative estimate of drug-likeness (QED) is 0.657. The fraction of sp³-hybridized carbons (Fsp3) is 0.304. The highest BCUT2D eigenvalue weighted by atomic mass is 35.5. The minimum atomic E-state index is -0.0279. The molecule has 0 spiro atoms. The van der Waals surface area contributed by atoms with E-state index in [4.69, 9.17) is 11.6 Å². The minimum absolute atomic E-state index is 0.0279. The molecule has 0 bridgehead atoms. The smallest absolute Gasteiger partial charge is 0.239 e. The molecule has 1 fully saturated rings. The van der Waals surface area contributed by atoms with Crippen molar-refractivity contribution in [2.24, 2.45) is 0 Å². The maximum absolute atomic E-state index is 12.6. The number of aryl methyl sites for hydroxylation is 1. The van der Waals surface area contributed by atoms with E-state index >= 15 is 0 Å². The van der Waals surface area contributed by atoms with Crippen LogP contribution in [0.15, 0.2) is 60.8 Å². The first kappa shape index (κ1) is 20.4. The fourth-order valence-corrected chi connectivity index (χ4v) is 3.92. The molecule has 1 N–H and O–H groups in total. The Morgan fingerprint density at radius 3 is 2.63 bits per heavy atom. The molecule has 0 atom stereocenters. The molecule has 156 valence electrons. The van der Waals surface area contributed by atoms with E-state index in [1.165, 1.54) is 11.3 Å². The molecule has 6 nitrogen and oxygen atoms in total. The van der Waals surface area contributed by atoms with Gasteiger partial charge < -0.3 is 10.2 Å². The van der Waals surface area contributed by atoms with E-state index < -0.39 is 0 Å². The van der Waals surface area contributed by atoms with Crippen molar-refractivity contribution < 1.29 is 4.79 Å². The van der Waals surface area contributed by atoms with Crippen LogP contribution in [0.3, 0.4) is 0 Å². The second-order valence-electron chi connectivity index (χ2n) is 7.62. The lowest BCUT2D eigenvalue weighted by atomic mass is 10.2. The Kier molecular flexibility index (Phi) is 6.35. The zero-order valence-corrected chi connectivity index (χ0v) is 17.8. The Labute approximate surface area is 182 Å². The Morgan fingerprint density at radius 2 is 1.87 bits per heavy atom. The number of carbonyl (C=O) groups excluding carboxylic acids is 1. The number of anilines is 2. The van der Waals surface area contributed by atoms with Gasteiger partial charge in [-0.2, -0.15) is 5.10 Å². The topological polar surface area (TPSA) is 53.4 Å². The zero-order chi connectivity index (χ0) is 20.9. The van der Waals surface area contributed by atoms with Crippen molar-refractivity contribution in [2.75, 3.05) is 42.9 Å². The van der Waals surface area contributed by atoms with Crippen LogP contribution >= 0.6 is 11.6 Å². The number of rotatable bonds is 6. The van der Waals surface area contributed by atoms with Crippen LogP contribution in [0.25, 0.3) is 0 Å². The van der Waals surface area contributed by atoms with E-state index in [1.807, 2.05) is 30.3 Å². The predicted octanol–water partition coefficient (Wildman–Crippen LogP) is 3.65. The first-order chi connectivity index (χ1) is 14.6. The van der Waals surface area contributed by atoms with E-state index in [0.717, 1.165) is 31.7 Å². The van der Waals surface area contributed by atoms with Gasteiger partial charge in [-0.1, -0.05) is 41.9 Å². The Bertz CT molecular complexity index is 1010. The molecule has 2 aromatic carbocycles. The summed E-state index contributed by atoms with van der Waals surface area (Å²) in [6, 6.07) is 18.0. The maximum Gasteiger partial charge on any atom is 0.239 e. The maximum atomic E-state index is 12.6. The molecule has 1 aliphatic rings. The van der Waals surface area contributed by atoms with Crippen LogP contribution in [0.2, 0.25) is 5.02 Å². The fourth-order valence-electron chi connectivity index (χ4n) is 3.73. The van der Waals surface area contributed by atoms with Gasteiger partial charge in [-0.25, -0.2) is 4.68 Å². The van der Waals surface area contributed by atoms with Gasteiger partial charge in [-0.3, -0.25) is 9.69 Å². The molecule has 7 heteroatoms. The summed E-state index contributed by atoms with van der Waals surface area (Å²) >= 11 is 6.25. The standard InChI is InChI=1S/C23H26ClN5O/c1-18-5-4-7-20(15-18)28-13-11-27(12-14-28)17-23(30)26-22-9-10-25-29(22)16-19-6-2-3-8-21(19)24/h2-10,15H,11-14,16-17H2,1H3,(H,26,30). The number of nitrogens with zero attached hydrogens (tertiary/aromatic N) is 4. The average Bonchev–Trinajstić information content (AvgIpc) is 3.16. The number of amides is 1. The summed E-state index contributed by atoms with van der Waals surface area (Å²) in [7, 11) is 0. The van der Waals surface area contributed by atoms with Crippen molar-refractivity contribution >= 4 is 29.0 Å². The van der Waals surface area contributed by atoms with Crippen LogP contribution in [-0.2, 0) is 11.3 Å². The molecule has 1 amide bonds. The van der Waals surface area contributed by atoms with Crippen LogP contribution in [0.4, 0.5) is 11.5 Å². The van der Waals surface area contributed by atoms with E-state index in [1.54, 1.807) is 10.9 Å². The highest BCUT2D eigenvalue weighted by Gasteiger charge is 2.20. The van der Waals surface area contributed by atoms with Gasteiger partial charge in [0.25, 0.3) is 0 Å². The normalized spacial score (nSPS) is 14.7. The summed E-state index contributed by atoms with van der Waals surface area (Å²) < 4.78 is 1.76. The highest BCUT2D eigenvalue weighted by Crippen LogP contribution is 2.19. The van der Waals surface area contributed by atoms with E-state index in [-0.39, 0.29) is 5.91 Å². The van der Waals surface area contributed by atoms with Crippen LogP contribution in [0.1, 0.15) is 11.1 Å². The summed E-state index contributed by atoms with van der Waals surface area (Å²) in [6.45, 7) is 6.56. The largest absolute Gasteiger partial charge is 0.369 e. The van der Waals surface area contributed by atoms with Gasteiger partial charge in [0.05, 0.1) is 19.3 Å². The summed E-state index contributed by atoms with van der Waals surface area (Å²) in [5.41, 5.74) is 3.48. The molecule has 1 aliphatic heterocycles. The second-order valence-corrected chi connectivity index (χ2v) is 8.02. The molecule has 0 radical (unpaired) electrons. The summed E-state index contributed by atoms with van der Waals surface area (Å²) in [5, 5.41) is 8.01. The van der Waals surface area contributed by atoms with Crippen molar-refractivity contribution in [1.29, 1.82) is 0 Å². The van der Waals surface area contributed by atoms with Gasteiger partial charge in [-0.05, 0) is 36.2 Å². The van der Waals surface area contributed by atoms with Crippen LogP contribution < -0.4 is 10.2 Å². The van der Waals surface area contributed by atoms with Gasteiger partial charge in [-0.15, -0.1) is 0 Å². The highest BCUT2D eigenvalue weighted by molar-refractivity contribution is 6.31. The molecule has 4 rings (SSSR count). The minimum Gasteiger partial charge on any atom is -0.369 e. The first-order valence-electron chi connectivity index (χ1n) is 10.2. The molecular formula is C23H26ClN5O. The number of hydrogen-bond donors (Lipinski definition) is 1. The van der Waals surface area contributed by atoms with E-state index in [0.29, 0.717) is 23.9 Å². The first-order valence-corrected chi connectivity index (χ1v) is 10.6. The van der Waals surface area contributed by atoms with Crippen LogP contribution in [-0.4, -0.2) is 53.3 Å². The SMILES string of the molecule is Cc1cccc(N2CCN(CC(=O)Nc3ccnn3Cc3ccccc3Cl)CC2)c1. The second kappa shape index (κ2) is 9.32. The van der Waals surface area contributed by atoms with Gasteiger partial charge in [0.2, 0.25) is 5.91 Å². The Morgan fingerprint density at radius 1 is 1.07 bits per heavy atom. The lowest BCUT2D eigenvalue weighted by Gasteiger charge is -2.35. The molecule has 2 heterocycles. The molecule has 0 saturated carbocycles. The third-order valence-corrected chi connectivity index (χ3v) is 5.74. The molecule has 1 saturated heterocycles. The third kappa shape index (κ3) is 5.01. The van der Waals surface area contributed by atoms with Crippen molar-refractivity contribution in [2.45, 2.75) is 13.5 Å². The monoisotopic (exact) mass is 423 g/mol. The van der Waals surface area contributed by atoms with E-state index in [9.17, 15) is 4.79 Å². The van der Waals surface area contributed by atoms with Crippen molar-refractivity contribution in [3.8, 4) is 0 Å². The number of piperazine rings is 1. The number of halogens is 1. The molecule has 3 aromatic rings.